The summed E-state index contributed by atoms with van der Waals surface area (Å²) in [6.45, 7) is 2.75. The molecule has 3 aromatic carbocycles. The van der Waals surface area contributed by atoms with Gasteiger partial charge in [0.25, 0.3) is 0 Å². The molecule has 0 bridgehead atoms. The van der Waals surface area contributed by atoms with Gasteiger partial charge in [0.05, 0.1) is 11.1 Å². The van der Waals surface area contributed by atoms with Crippen LogP contribution in [-0.2, 0) is 12.0 Å². The lowest BCUT2D eigenvalue weighted by atomic mass is 9.66. The smallest absolute Gasteiger partial charge is 0.221 e. The zero-order chi connectivity index (χ0) is 24.1. The molecular weight excluding hydrogens is 454 g/mol. The van der Waals surface area contributed by atoms with Crippen molar-refractivity contribution in [1.29, 1.82) is 0 Å². The lowest BCUT2D eigenvalue weighted by molar-refractivity contribution is 0.112. The van der Waals surface area contributed by atoms with Crippen molar-refractivity contribution in [3.05, 3.63) is 101 Å². The molecular formula is C31H32ClNO2. The van der Waals surface area contributed by atoms with Gasteiger partial charge in [-0.3, -0.25) is 0 Å². The summed E-state index contributed by atoms with van der Waals surface area (Å²) in [4.78, 5) is 4.45. The molecule has 4 aromatic rings. The SMILES string of the molecule is CCC[C@]1(c2ccccc2)CC[C@H](Oc2cc3ccnc(OCc4ccccc4)c3cc2Cl)CC1. The predicted molar refractivity (Wildman–Crippen MR) is 143 cm³/mol. The first-order valence-corrected chi connectivity index (χ1v) is 13.0. The maximum atomic E-state index is 6.70. The Kier molecular flexibility index (Phi) is 7.24. The summed E-state index contributed by atoms with van der Waals surface area (Å²) in [6, 6.07) is 27.1. The summed E-state index contributed by atoms with van der Waals surface area (Å²) in [5.74, 6) is 1.33. The van der Waals surface area contributed by atoms with E-state index in [4.69, 9.17) is 21.1 Å². The third-order valence-electron chi connectivity index (χ3n) is 7.30. The van der Waals surface area contributed by atoms with Gasteiger partial charge in [0.1, 0.15) is 12.4 Å². The molecule has 180 valence electrons. The van der Waals surface area contributed by atoms with Crippen molar-refractivity contribution in [1.82, 2.24) is 4.98 Å². The van der Waals surface area contributed by atoms with Crippen LogP contribution in [0.3, 0.4) is 0 Å². The Morgan fingerprint density at radius 3 is 2.37 bits per heavy atom. The number of halogens is 1. The van der Waals surface area contributed by atoms with Gasteiger partial charge in [-0.1, -0.05) is 85.6 Å². The van der Waals surface area contributed by atoms with Crippen LogP contribution in [0.25, 0.3) is 10.8 Å². The molecule has 35 heavy (non-hydrogen) atoms. The van der Waals surface area contributed by atoms with E-state index in [1.54, 1.807) is 6.20 Å². The molecule has 0 atom stereocenters. The standard InChI is InChI=1S/C31H32ClNO2/c1-2-16-31(25-11-7-4-8-12-25)17-13-26(14-18-31)35-29-20-24-15-19-33-30(27(24)21-28(29)32)34-22-23-9-5-3-6-10-23/h3-12,15,19-21,26H,2,13-14,16-18,22H2,1H3/t26-,31-. The van der Waals surface area contributed by atoms with Crippen LogP contribution in [0.5, 0.6) is 11.6 Å². The van der Waals surface area contributed by atoms with Crippen molar-refractivity contribution < 1.29 is 9.47 Å². The largest absolute Gasteiger partial charge is 0.489 e. The molecule has 0 amide bonds. The van der Waals surface area contributed by atoms with Crippen molar-refractivity contribution in [2.45, 2.75) is 63.6 Å². The highest BCUT2D eigenvalue weighted by Gasteiger charge is 2.36. The molecule has 1 aromatic heterocycles. The van der Waals surface area contributed by atoms with Crippen LogP contribution < -0.4 is 9.47 Å². The highest BCUT2D eigenvalue weighted by molar-refractivity contribution is 6.33. The fraction of sp³-hybridized carbons (Fsp3) is 0.323. The van der Waals surface area contributed by atoms with Gasteiger partial charge in [0.2, 0.25) is 5.88 Å². The Hall–Kier alpha value is -3.04. The molecule has 0 saturated heterocycles. The molecule has 5 rings (SSSR count). The molecule has 1 aliphatic carbocycles. The van der Waals surface area contributed by atoms with Crippen LogP contribution >= 0.6 is 11.6 Å². The van der Waals surface area contributed by atoms with Gasteiger partial charge in [0.15, 0.2) is 0 Å². The topological polar surface area (TPSA) is 31.4 Å². The maximum Gasteiger partial charge on any atom is 0.221 e. The lowest BCUT2D eigenvalue weighted by Gasteiger charge is -2.41. The molecule has 1 heterocycles. The summed E-state index contributed by atoms with van der Waals surface area (Å²) < 4.78 is 12.5. The summed E-state index contributed by atoms with van der Waals surface area (Å²) in [5.41, 5.74) is 2.84. The Morgan fingerprint density at radius 1 is 0.943 bits per heavy atom. The zero-order valence-corrected chi connectivity index (χ0v) is 21.0. The number of rotatable bonds is 8. The molecule has 4 heteroatoms. The lowest BCUT2D eigenvalue weighted by Crippen LogP contribution is -2.35. The molecule has 0 aliphatic heterocycles. The number of hydrogen-bond donors (Lipinski definition) is 0. The number of nitrogens with zero attached hydrogens (tertiary/aromatic N) is 1. The number of fused-ring (bicyclic) bond motifs is 1. The second kappa shape index (κ2) is 10.7. The maximum absolute atomic E-state index is 6.70. The number of benzene rings is 3. The van der Waals surface area contributed by atoms with E-state index in [0.29, 0.717) is 17.5 Å². The summed E-state index contributed by atoms with van der Waals surface area (Å²) in [6.07, 6.45) is 8.72. The van der Waals surface area contributed by atoms with Crippen molar-refractivity contribution in [3.63, 3.8) is 0 Å². The Bertz CT molecular complexity index is 1250. The van der Waals surface area contributed by atoms with Crippen molar-refractivity contribution in [3.8, 4) is 11.6 Å². The van der Waals surface area contributed by atoms with E-state index < -0.39 is 0 Å². The molecule has 1 saturated carbocycles. The zero-order valence-electron chi connectivity index (χ0n) is 20.3. The number of pyridine rings is 1. The first-order chi connectivity index (χ1) is 17.2. The fourth-order valence-corrected chi connectivity index (χ4v) is 5.68. The summed E-state index contributed by atoms with van der Waals surface area (Å²) in [5, 5.41) is 2.52. The third kappa shape index (κ3) is 5.31. The highest BCUT2D eigenvalue weighted by Crippen LogP contribution is 2.44. The van der Waals surface area contributed by atoms with E-state index in [2.05, 4.69) is 42.2 Å². The molecule has 0 spiro atoms. The molecule has 1 aliphatic rings. The Balaban J connectivity index is 1.30. The van der Waals surface area contributed by atoms with E-state index in [-0.39, 0.29) is 11.5 Å². The van der Waals surface area contributed by atoms with Crippen molar-refractivity contribution in [2.24, 2.45) is 0 Å². The molecule has 0 unspecified atom stereocenters. The van der Waals surface area contributed by atoms with Crippen LogP contribution in [0.2, 0.25) is 5.02 Å². The first-order valence-electron chi connectivity index (χ1n) is 12.6. The second-order valence-corrected chi connectivity index (χ2v) is 10.0. The summed E-state index contributed by atoms with van der Waals surface area (Å²) in [7, 11) is 0. The molecule has 1 fully saturated rings. The van der Waals surface area contributed by atoms with E-state index in [1.165, 1.54) is 18.4 Å². The van der Waals surface area contributed by atoms with Gasteiger partial charge in [-0.25, -0.2) is 4.98 Å². The Labute approximate surface area is 213 Å². The normalized spacial score (nSPS) is 20.0. The van der Waals surface area contributed by atoms with Gasteiger partial charge in [-0.05, 0) is 72.2 Å². The molecule has 0 radical (unpaired) electrons. The average molecular weight is 486 g/mol. The van der Waals surface area contributed by atoms with Crippen molar-refractivity contribution in [2.75, 3.05) is 0 Å². The highest BCUT2D eigenvalue weighted by atomic mass is 35.5. The van der Waals surface area contributed by atoms with Gasteiger partial charge in [-0.2, -0.15) is 0 Å². The van der Waals surface area contributed by atoms with E-state index in [1.807, 2.05) is 48.5 Å². The molecule has 3 nitrogen and oxygen atoms in total. The fourth-order valence-electron chi connectivity index (χ4n) is 5.47. The second-order valence-electron chi connectivity index (χ2n) is 9.61. The van der Waals surface area contributed by atoms with Crippen LogP contribution in [-0.4, -0.2) is 11.1 Å². The minimum Gasteiger partial charge on any atom is -0.489 e. The van der Waals surface area contributed by atoms with Crippen molar-refractivity contribution >= 4 is 22.4 Å². The van der Waals surface area contributed by atoms with Gasteiger partial charge in [-0.15, -0.1) is 0 Å². The van der Waals surface area contributed by atoms with E-state index >= 15 is 0 Å². The molecule has 0 N–H and O–H groups in total. The van der Waals surface area contributed by atoms with Gasteiger partial charge in [0, 0.05) is 11.6 Å². The van der Waals surface area contributed by atoms with E-state index in [9.17, 15) is 0 Å². The van der Waals surface area contributed by atoms with Gasteiger partial charge >= 0.3 is 0 Å². The monoisotopic (exact) mass is 485 g/mol. The summed E-state index contributed by atoms with van der Waals surface area (Å²) >= 11 is 6.70. The number of ether oxygens (including phenoxy) is 2. The Morgan fingerprint density at radius 2 is 1.66 bits per heavy atom. The van der Waals surface area contributed by atoms with E-state index in [0.717, 1.165) is 47.8 Å². The van der Waals surface area contributed by atoms with Crippen LogP contribution in [0, 0.1) is 0 Å². The van der Waals surface area contributed by atoms with Crippen LogP contribution in [0.1, 0.15) is 56.6 Å². The average Bonchev–Trinajstić information content (AvgIpc) is 2.90. The van der Waals surface area contributed by atoms with Crippen LogP contribution in [0.15, 0.2) is 85.1 Å². The van der Waals surface area contributed by atoms with Crippen LogP contribution in [0.4, 0.5) is 0 Å². The first kappa shape index (κ1) is 23.7. The number of hydrogen-bond acceptors (Lipinski definition) is 3. The minimum atomic E-state index is 0.175. The minimum absolute atomic E-state index is 0.175. The third-order valence-corrected chi connectivity index (χ3v) is 7.59. The number of aromatic nitrogens is 1. The van der Waals surface area contributed by atoms with Gasteiger partial charge < -0.3 is 9.47 Å². The quantitative estimate of drug-likeness (QED) is 0.250. The predicted octanol–water partition coefficient (Wildman–Crippen LogP) is 8.53.